The number of nitrogens with one attached hydrogen (secondary N) is 1. The van der Waals surface area contributed by atoms with Crippen molar-refractivity contribution in [3.05, 3.63) is 73.0 Å². The summed E-state index contributed by atoms with van der Waals surface area (Å²) in [6.45, 7) is 2.07. The van der Waals surface area contributed by atoms with Crippen LogP contribution >= 0.6 is 0 Å². The molecule has 0 saturated carbocycles. The quantitative estimate of drug-likeness (QED) is 0.295. The molecule has 0 aliphatic rings. The maximum absolute atomic E-state index is 13.1. The number of fused-ring (bicyclic) bond motifs is 1. The lowest BCUT2D eigenvalue weighted by molar-refractivity contribution is 0.101. The minimum Gasteiger partial charge on any atom is -0.493 e. The van der Waals surface area contributed by atoms with Crippen molar-refractivity contribution in [3.63, 3.8) is 0 Å². The molecule has 0 radical (unpaired) electrons. The van der Waals surface area contributed by atoms with Crippen LogP contribution < -0.4 is 24.3 Å². The number of halogens is 1. The number of pyridine rings is 2. The number of amides is 1. The summed E-state index contributed by atoms with van der Waals surface area (Å²) in [6, 6.07) is 8.51. The lowest BCUT2D eigenvalue weighted by atomic mass is 10.2. The van der Waals surface area contributed by atoms with Gasteiger partial charge in [0.25, 0.3) is 5.91 Å². The molecule has 0 spiro atoms. The van der Waals surface area contributed by atoms with Gasteiger partial charge in [-0.1, -0.05) is 0 Å². The molecule has 0 aliphatic heterocycles. The van der Waals surface area contributed by atoms with Crippen LogP contribution in [0.3, 0.4) is 0 Å². The predicted octanol–water partition coefficient (Wildman–Crippen LogP) is 4.21. The van der Waals surface area contributed by atoms with E-state index in [0.29, 0.717) is 35.1 Å². The topological polar surface area (TPSA) is 135 Å². The Morgan fingerprint density at radius 2 is 1.77 bits per heavy atom. The summed E-state index contributed by atoms with van der Waals surface area (Å²) in [7, 11) is 3.11. The highest BCUT2D eigenvalue weighted by atomic mass is 19.1. The van der Waals surface area contributed by atoms with Crippen molar-refractivity contribution in [2.45, 2.75) is 6.92 Å². The highest BCUT2D eigenvalue weighted by Crippen LogP contribution is 2.36. The summed E-state index contributed by atoms with van der Waals surface area (Å²) in [5.41, 5.74) is 0.663. The standard InChI is InChI=1S/C26H22FN7O5/c1-4-38-21-14-34(24-13-29-22(27)12-31-24)33-25(21)26(35)32-23-6-5-15(11-30-23)39-18-7-8-28-17-10-20(37-3)19(36-2)9-16(17)18/h5-14H,4H2,1-3H3,(H,30,32,35). The Hall–Kier alpha value is -5.33. The number of nitrogens with zero attached hydrogens (tertiary/aromatic N) is 6. The molecule has 0 fully saturated rings. The first kappa shape index (κ1) is 25.3. The summed E-state index contributed by atoms with van der Waals surface area (Å²) in [6.07, 6.45) is 6.71. The Labute approximate surface area is 221 Å². The molecular weight excluding hydrogens is 509 g/mol. The van der Waals surface area contributed by atoms with Crippen LogP contribution in [0.2, 0.25) is 0 Å². The van der Waals surface area contributed by atoms with Crippen LogP contribution in [0.15, 0.2) is 61.3 Å². The van der Waals surface area contributed by atoms with Crippen LogP contribution in [0.4, 0.5) is 10.2 Å². The Morgan fingerprint density at radius 1 is 0.949 bits per heavy atom. The van der Waals surface area contributed by atoms with Crippen LogP contribution in [-0.2, 0) is 0 Å². The minimum absolute atomic E-state index is 0.00210. The molecule has 0 bridgehead atoms. The number of carbonyl (C=O) groups excluding carboxylic acids is 1. The first-order valence-corrected chi connectivity index (χ1v) is 11.7. The van der Waals surface area contributed by atoms with Gasteiger partial charge in [-0.3, -0.25) is 9.78 Å². The smallest absolute Gasteiger partial charge is 0.281 e. The minimum atomic E-state index is -0.732. The summed E-state index contributed by atoms with van der Waals surface area (Å²) in [4.78, 5) is 29.1. The van der Waals surface area contributed by atoms with Crippen LogP contribution in [0.25, 0.3) is 16.7 Å². The van der Waals surface area contributed by atoms with E-state index in [1.807, 2.05) is 0 Å². The zero-order valence-corrected chi connectivity index (χ0v) is 21.1. The number of methoxy groups -OCH3 is 2. The molecule has 0 aliphatic carbocycles. The van der Waals surface area contributed by atoms with Crippen molar-refractivity contribution in [1.82, 2.24) is 29.7 Å². The van der Waals surface area contributed by atoms with E-state index in [-0.39, 0.29) is 23.1 Å². The van der Waals surface area contributed by atoms with Gasteiger partial charge in [0.15, 0.2) is 28.8 Å². The molecule has 5 rings (SSSR count). The molecule has 1 amide bonds. The van der Waals surface area contributed by atoms with E-state index in [1.165, 1.54) is 23.3 Å². The average molecular weight is 532 g/mol. The summed E-state index contributed by atoms with van der Waals surface area (Å²) in [5.74, 6) is 1.47. The van der Waals surface area contributed by atoms with Gasteiger partial charge in [-0.25, -0.2) is 19.6 Å². The zero-order valence-electron chi connectivity index (χ0n) is 21.1. The molecule has 12 nitrogen and oxygen atoms in total. The van der Waals surface area contributed by atoms with Gasteiger partial charge >= 0.3 is 0 Å². The fraction of sp³-hybridized carbons (Fsp3) is 0.154. The number of ether oxygens (including phenoxy) is 4. The van der Waals surface area contributed by atoms with Gasteiger partial charge in [0.2, 0.25) is 5.95 Å². The molecule has 13 heteroatoms. The molecule has 1 aromatic carbocycles. The number of rotatable bonds is 9. The Kier molecular flexibility index (Phi) is 7.12. The number of carbonyl (C=O) groups is 1. The zero-order chi connectivity index (χ0) is 27.4. The molecule has 4 aromatic heterocycles. The van der Waals surface area contributed by atoms with Gasteiger partial charge in [-0.05, 0) is 31.2 Å². The van der Waals surface area contributed by atoms with E-state index < -0.39 is 11.9 Å². The number of benzene rings is 1. The molecular formula is C26H22FN7O5. The second-order valence-electron chi connectivity index (χ2n) is 7.89. The van der Waals surface area contributed by atoms with Crippen molar-refractivity contribution >= 4 is 22.6 Å². The lowest BCUT2D eigenvalue weighted by Crippen LogP contribution is -2.15. The van der Waals surface area contributed by atoms with Gasteiger partial charge in [0, 0.05) is 17.6 Å². The number of anilines is 1. The fourth-order valence-electron chi connectivity index (χ4n) is 3.67. The van der Waals surface area contributed by atoms with Gasteiger partial charge in [-0.2, -0.15) is 9.49 Å². The van der Waals surface area contributed by atoms with Gasteiger partial charge in [-0.15, -0.1) is 0 Å². The highest BCUT2D eigenvalue weighted by Gasteiger charge is 2.20. The Balaban J connectivity index is 1.34. The summed E-state index contributed by atoms with van der Waals surface area (Å²) < 4.78 is 36.7. The van der Waals surface area contributed by atoms with Crippen molar-refractivity contribution in [3.8, 4) is 34.6 Å². The maximum atomic E-state index is 13.1. The number of aromatic nitrogens is 6. The average Bonchev–Trinajstić information content (AvgIpc) is 3.38. The summed E-state index contributed by atoms with van der Waals surface area (Å²) >= 11 is 0. The van der Waals surface area contributed by atoms with Crippen molar-refractivity contribution in [2.75, 3.05) is 26.1 Å². The van der Waals surface area contributed by atoms with Crippen molar-refractivity contribution in [2.24, 2.45) is 0 Å². The van der Waals surface area contributed by atoms with Gasteiger partial charge in [0.1, 0.15) is 17.3 Å². The van der Waals surface area contributed by atoms with Crippen LogP contribution in [0.1, 0.15) is 17.4 Å². The molecule has 4 heterocycles. The lowest BCUT2D eigenvalue weighted by Gasteiger charge is -2.12. The Morgan fingerprint density at radius 3 is 2.46 bits per heavy atom. The Bertz CT molecular complexity index is 1630. The SMILES string of the molecule is CCOc1cn(-c2cnc(F)cn2)nc1C(=O)Nc1ccc(Oc2ccnc3cc(OC)c(OC)cc23)cn1. The molecule has 198 valence electrons. The van der Waals surface area contributed by atoms with Gasteiger partial charge < -0.3 is 24.3 Å². The second kappa shape index (κ2) is 11.0. The molecule has 0 unspecified atom stereocenters. The summed E-state index contributed by atoms with van der Waals surface area (Å²) in [5, 5.41) is 7.63. The number of hydrogen-bond acceptors (Lipinski definition) is 10. The molecule has 1 N–H and O–H groups in total. The first-order valence-electron chi connectivity index (χ1n) is 11.7. The second-order valence-corrected chi connectivity index (χ2v) is 7.89. The van der Waals surface area contributed by atoms with E-state index in [2.05, 4.69) is 30.4 Å². The van der Waals surface area contributed by atoms with Gasteiger partial charge in [0.05, 0.1) is 51.1 Å². The van der Waals surface area contributed by atoms with E-state index in [4.69, 9.17) is 18.9 Å². The largest absolute Gasteiger partial charge is 0.493 e. The molecule has 0 saturated heterocycles. The molecule has 5 aromatic rings. The third-order valence-electron chi connectivity index (χ3n) is 5.45. The third kappa shape index (κ3) is 5.37. The van der Waals surface area contributed by atoms with E-state index in [9.17, 15) is 9.18 Å². The van der Waals surface area contributed by atoms with E-state index >= 15 is 0 Å². The van der Waals surface area contributed by atoms with E-state index in [0.717, 1.165) is 11.6 Å². The third-order valence-corrected chi connectivity index (χ3v) is 5.45. The maximum Gasteiger partial charge on any atom is 0.281 e. The number of hydrogen-bond donors (Lipinski definition) is 1. The highest BCUT2D eigenvalue weighted by molar-refractivity contribution is 6.04. The first-order chi connectivity index (χ1) is 19.0. The van der Waals surface area contributed by atoms with E-state index in [1.54, 1.807) is 57.7 Å². The fourth-order valence-corrected chi connectivity index (χ4v) is 3.67. The van der Waals surface area contributed by atoms with Crippen LogP contribution in [0.5, 0.6) is 28.7 Å². The van der Waals surface area contributed by atoms with Crippen LogP contribution in [0, 0.1) is 5.95 Å². The predicted molar refractivity (Wildman–Crippen MR) is 137 cm³/mol. The van der Waals surface area contributed by atoms with Crippen molar-refractivity contribution < 1.29 is 28.1 Å². The monoisotopic (exact) mass is 531 g/mol. The van der Waals surface area contributed by atoms with Crippen LogP contribution in [-0.4, -0.2) is 56.5 Å². The van der Waals surface area contributed by atoms with Crippen molar-refractivity contribution in [1.29, 1.82) is 0 Å². The normalized spacial score (nSPS) is 10.8. The molecule has 39 heavy (non-hydrogen) atoms. The molecule has 0 atom stereocenters.